The highest BCUT2D eigenvalue weighted by molar-refractivity contribution is 7.47. The first-order valence-electron chi connectivity index (χ1n) is 19.0. The summed E-state index contributed by atoms with van der Waals surface area (Å²) >= 11 is 0. The lowest BCUT2D eigenvalue weighted by molar-refractivity contribution is -0.161. The molecule has 0 saturated heterocycles. The minimum Gasteiger partial charge on any atom is -0.462 e. The van der Waals surface area contributed by atoms with E-state index in [4.69, 9.17) is 19.1 Å². The van der Waals surface area contributed by atoms with Crippen LogP contribution in [0, 0.1) is 0 Å². The van der Waals surface area contributed by atoms with Crippen LogP contribution in [0.4, 0.5) is 0 Å². The van der Waals surface area contributed by atoms with Crippen molar-refractivity contribution in [2.75, 3.05) is 26.4 Å². The summed E-state index contributed by atoms with van der Waals surface area (Å²) in [6.07, 6.45) is 27.0. The number of esters is 2. The predicted molar refractivity (Wildman–Crippen MR) is 187 cm³/mol. The summed E-state index contributed by atoms with van der Waals surface area (Å²) in [5, 5.41) is 18.2. The van der Waals surface area contributed by atoms with Crippen LogP contribution in [0.5, 0.6) is 0 Å². The Balaban J connectivity index is 4.12. The third-order valence-electron chi connectivity index (χ3n) is 8.26. The van der Waals surface area contributed by atoms with Crippen molar-refractivity contribution in [3.05, 3.63) is 0 Å². The zero-order valence-electron chi connectivity index (χ0n) is 30.0. The minimum absolute atomic E-state index is 0.191. The van der Waals surface area contributed by atoms with Crippen LogP contribution in [-0.4, -0.2) is 65.7 Å². The van der Waals surface area contributed by atoms with Gasteiger partial charge in [0.15, 0.2) is 6.10 Å². The molecule has 0 spiro atoms. The van der Waals surface area contributed by atoms with Crippen molar-refractivity contribution in [3.63, 3.8) is 0 Å². The summed E-state index contributed by atoms with van der Waals surface area (Å²) < 4.78 is 32.4. The van der Waals surface area contributed by atoms with Gasteiger partial charge in [-0.3, -0.25) is 18.6 Å². The van der Waals surface area contributed by atoms with Crippen LogP contribution in [0.2, 0.25) is 0 Å². The van der Waals surface area contributed by atoms with E-state index in [0.29, 0.717) is 12.8 Å². The highest BCUT2D eigenvalue weighted by atomic mass is 31.2. The Morgan fingerprint density at radius 2 is 0.915 bits per heavy atom. The van der Waals surface area contributed by atoms with Gasteiger partial charge in [-0.15, -0.1) is 0 Å². The molecule has 0 aliphatic rings. The number of ether oxygens (including phenoxy) is 2. The molecule has 3 N–H and O–H groups in total. The number of carbonyl (C=O) groups excluding carboxylic acids is 2. The molecular formula is C36H71O10P. The lowest BCUT2D eigenvalue weighted by atomic mass is 10.0. The summed E-state index contributed by atoms with van der Waals surface area (Å²) in [4.78, 5) is 34.5. The van der Waals surface area contributed by atoms with Crippen LogP contribution < -0.4 is 0 Å². The number of phosphoric acid groups is 1. The van der Waals surface area contributed by atoms with Crippen molar-refractivity contribution < 1.29 is 47.8 Å². The molecule has 0 saturated carbocycles. The predicted octanol–water partition coefficient (Wildman–Crippen LogP) is 9.11. The summed E-state index contributed by atoms with van der Waals surface area (Å²) in [6.45, 7) is 2.29. The van der Waals surface area contributed by atoms with Gasteiger partial charge < -0.3 is 24.6 Å². The molecule has 0 aromatic rings. The van der Waals surface area contributed by atoms with Crippen LogP contribution >= 0.6 is 7.82 Å². The van der Waals surface area contributed by atoms with Crippen molar-refractivity contribution in [1.29, 1.82) is 0 Å². The summed E-state index contributed by atoms with van der Waals surface area (Å²) in [5.41, 5.74) is 0. The zero-order chi connectivity index (χ0) is 34.9. The Hall–Kier alpha value is -1.03. The van der Waals surface area contributed by atoms with Gasteiger partial charge in [0.1, 0.15) is 12.7 Å². The van der Waals surface area contributed by atoms with Gasteiger partial charge in [0.2, 0.25) is 0 Å². The van der Waals surface area contributed by atoms with Crippen molar-refractivity contribution in [1.82, 2.24) is 0 Å². The van der Waals surface area contributed by atoms with E-state index in [0.717, 1.165) is 44.9 Å². The fraction of sp³-hybridized carbons (Fsp3) is 0.944. The van der Waals surface area contributed by atoms with Crippen molar-refractivity contribution in [3.8, 4) is 0 Å². The smallest absolute Gasteiger partial charge is 0.462 e. The first-order chi connectivity index (χ1) is 22.7. The van der Waals surface area contributed by atoms with Crippen LogP contribution in [-0.2, 0) is 32.7 Å². The van der Waals surface area contributed by atoms with Gasteiger partial charge in [-0.25, -0.2) is 4.57 Å². The molecule has 0 aromatic heterocycles. The molecule has 0 amide bonds. The zero-order valence-corrected chi connectivity index (χ0v) is 30.9. The van der Waals surface area contributed by atoms with Gasteiger partial charge >= 0.3 is 19.8 Å². The highest BCUT2D eigenvalue weighted by Gasteiger charge is 2.27. The minimum atomic E-state index is -4.59. The Morgan fingerprint density at radius 1 is 0.553 bits per heavy atom. The van der Waals surface area contributed by atoms with E-state index in [1.807, 2.05) is 0 Å². The molecule has 0 rings (SSSR count). The van der Waals surface area contributed by atoms with Crippen LogP contribution in [0.3, 0.4) is 0 Å². The van der Waals surface area contributed by atoms with Crippen LogP contribution in [0.1, 0.15) is 181 Å². The molecule has 3 unspecified atom stereocenters. The average Bonchev–Trinajstić information content (AvgIpc) is 3.05. The molecule has 3 atom stereocenters. The van der Waals surface area contributed by atoms with E-state index in [9.17, 15) is 24.2 Å². The maximum Gasteiger partial charge on any atom is 0.472 e. The molecule has 0 aliphatic heterocycles. The van der Waals surface area contributed by atoms with E-state index >= 15 is 0 Å². The number of hydrogen-bond donors (Lipinski definition) is 3. The first kappa shape index (κ1) is 46.0. The normalized spacial score (nSPS) is 14.1. The van der Waals surface area contributed by atoms with Crippen molar-refractivity contribution in [2.45, 2.75) is 193 Å². The number of phosphoric ester groups is 1. The molecule has 11 heteroatoms. The fourth-order valence-electron chi connectivity index (χ4n) is 5.29. The Kier molecular flexibility index (Phi) is 32.7. The fourth-order valence-corrected chi connectivity index (χ4v) is 6.08. The SMILES string of the molecule is CCCCCCCCCCCCCCCCCCCCCC(=O)OC(COC(=O)CCCCCCC)COP(=O)(O)OCC(O)CO. The molecule has 0 heterocycles. The van der Waals surface area contributed by atoms with Crippen LogP contribution in [0.25, 0.3) is 0 Å². The standard InChI is InChI=1S/C36H71O10P/c1-3-5-7-9-10-11-12-13-14-15-16-17-18-19-20-21-22-24-26-28-36(40)46-34(31-43-35(39)27-25-23-8-6-4-2)32-45-47(41,42)44-30-33(38)29-37/h33-34,37-38H,3-32H2,1-2H3,(H,41,42). The second kappa shape index (κ2) is 33.5. The van der Waals surface area contributed by atoms with Gasteiger partial charge in [-0.05, 0) is 12.8 Å². The van der Waals surface area contributed by atoms with Gasteiger partial charge in [0, 0.05) is 12.8 Å². The topological polar surface area (TPSA) is 149 Å². The van der Waals surface area contributed by atoms with Gasteiger partial charge in [0.25, 0.3) is 0 Å². The number of aliphatic hydroxyl groups is 2. The van der Waals surface area contributed by atoms with Gasteiger partial charge in [-0.1, -0.05) is 155 Å². The Morgan fingerprint density at radius 3 is 1.32 bits per heavy atom. The largest absolute Gasteiger partial charge is 0.472 e. The number of aliphatic hydroxyl groups excluding tert-OH is 2. The van der Waals surface area contributed by atoms with E-state index in [-0.39, 0.29) is 19.4 Å². The number of hydrogen-bond acceptors (Lipinski definition) is 9. The number of carbonyl (C=O) groups is 2. The molecule has 0 aliphatic carbocycles. The second-order valence-electron chi connectivity index (χ2n) is 13.0. The number of unbranched alkanes of at least 4 members (excludes halogenated alkanes) is 22. The summed E-state index contributed by atoms with van der Waals surface area (Å²) in [6, 6.07) is 0. The maximum absolute atomic E-state index is 12.5. The molecule has 0 bridgehead atoms. The quantitative estimate of drug-likeness (QED) is 0.0329. The van der Waals surface area contributed by atoms with E-state index < -0.39 is 51.8 Å². The van der Waals surface area contributed by atoms with Crippen molar-refractivity contribution in [2.24, 2.45) is 0 Å². The molecule has 10 nitrogen and oxygen atoms in total. The third-order valence-corrected chi connectivity index (χ3v) is 9.21. The summed E-state index contributed by atoms with van der Waals surface area (Å²) in [5.74, 6) is -0.929. The maximum atomic E-state index is 12.5. The van der Waals surface area contributed by atoms with Gasteiger partial charge in [0.05, 0.1) is 19.8 Å². The molecule has 0 radical (unpaired) electrons. The third kappa shape index (κ3) is 33.3. The van der Waals surface area contributed by atoms with E-state index in [1.54, 1.807) is 0 Å². The Labute approximate surface area is 286 Å². The van der Waals surface area contributed by atoms with Gasteiger partial charge in [-0.2, -0.15) is 0 Å². The lowest BCUT2D eigenvalue weighted by Crippen LogP contribution is -2.29. The van der Waals surface area contributed by atoms with E-state index in [2.05, 4.69) is 18.4 Å². The Bertz CT molecular complexity index is 766. The molecule has 280 valence electrons. The molecule has 0 fully saturated rings. The van der Waals surface area contributed by atoms with E-state index in [1.165, 1.54) is 96.3 Å². The second-order valence-corrected chi connectivity index (χ2v) is 14.4. The lowest BCUT2D eigenvalue weighted by Gasteiger charge is -2.20. The first-order valence-corrected chi connectivity index (χ1v) is 20.5. The van der Waals surface area contributed by atoms with Crippen molar-refractivity contribution >= 4 is 19.8 Å². The number of rotatable bonds is 36. The summed E-state index contributed by atoms with van der Waals surface area (Å²) in [7, 11) is -4.59. The monoisotopic (exact) mass is 694 g/mol. The highest BCUT2D eigenvalue weighted by Crippen LogP contribution is 2.43. The van der Waals surface area contributed by atoms with Crippen LogP contribution in [0.15, 0.2) is 0 Å². The molecule has 47 heavy (non-hydrogen) atoms. The molecular weight excluding hydrogens is 623 g/mol. The average molecular weight is 695 g/mol. The molecule has 0 aromatic carbocycles.